The van der Waals surface area contributed by atoms with E-state index in [9.17, 15) is 4.79 Å². The number of halogens is 1. The summed E-state index contributed by atoms with van der Waals surface area (Å²) in [6.45, 7) is 6.32. The topological polar surface area (TPSA) is 55.1 Å². The number of carbonyl (C=O) groups excluding carboxylic acids is 1. The maximum absolute atomic E-state index is 11.9. The van der Waals surface area contributed by atoms with Gasteiger partial charge in [0.1, 0.15) is 0 Å². The van der Waals surface area contributed by atoms with Crippen LogP contribution in [0.2, 0.25) is 5.02 Å². The Morgan fingerprint density at radius 3 is 2.68 bits per heavy atom. The minimum atomic E-state index is -0.0637. The smallest absolute Gasteiger partial charge is 0.224 e. The van der Waals surface area contributed by atoms with Gasteiger partial charge in [-0.3, -0.25) is 4.79 Å². The van der Waals surface area contributed by atoms with Crippen molar-refractivity contribution in [2.24, 2.45) is 11.1 Å². The first kappa shape index (κ1) is 15.6. The molecule has 102 valence electrons. The summed E-state index contributed by atoms with van der Waals surface area (Å²) in [4.78, 5) is 11.9. The lowest BCUT2D eigenvalue weighted by atomic mass is 9.92. The number of benzene rings is 1. The van der Waals surface area contributed by atoms with Gasteiger partial charge in [-0.1, -0.05) is 44.2 Å². The second-order valence-corrected chi connectivity index (χ2v) is 5.92. The molecule has 0 heterocycles. The van der Waals surface area contributed by atoms with Crippen molar-refractivity contribution in [2.75, 3.05) is 11.9 Å². The molecular formula is C15H19ClN2O. The first-order valence-electron chi connectivity index (χ1n) is 6.10. The maximum Gasteiger partial charge on any atom is 0.224 e. The van der Waals surface area contributed by atoms with Crippen molar-refractivity contribution in [2.45, 2.75) is 27.2 Å². The van der Waals surface area contributed by atoms with E-state index < -0.39 is 0 Å². The van der Waals surface area contributed by atoms with Crippen molar-refractivity contribution in [3.63, 3.8) is 0 Å². The Morgan fingerprint density at radius 1 is 1.42 bits per heavy atom. The van der Waals surface area contributed by atoms with E-state index in [1.54, 1.807) is 18.2 Å². The zero-order chi connectivity index (χ0) is 14.5. The summed E-state index contributed by atoms with van der Waals surface area (Å²) >= 11 is 5.94. The van der Waals surface area contributed by atoms with Crippen LogP contribution >= 0.6 is 11.6 Å². The molecule has 1 rings (SSSR count). The molecular weight excluding hydrogens is 260 g/mol. The quantitative estimate of drug-likeness (QED) is 0.817. The zero-order valence-electron chi connectivity index (χ0n) is 11.5. The van der Waals surface area contributed by atoms with E-state index in [0.29, 0.717) is 17.1 Å². The van der Waals surface area contributed by atoms with Crippen molar-refractivity contribution < 1.29 is 4.79 Å². The molecule has 0 radical (unpaired) electrons. The number of carbonyl (C=O) groups is 1. The largest absolute Gasteiger partial charge is 0.325 e. The molecule has 1 aromatic carbocycles. The van der Waals surface area contributed by atoms with Crippen LogP contribution < -0.4 is 11.1 Å². The fourth-order valence-electron chi connectivity index (χ4n) is 1.55. The van der Waals surface area contributed by atoms with E-state index in [1.165, 1.54) is 0 Å². The normalized spacial score (nSPS) is 10.6. The third-order valence-electron chi connectivity index (χ3n) is 2.27. The van der Waals surface area contributed by atoms with Crippen LogP contribution in [0, 0.1) is 17.3 Å². The molecule has 0 bridgehead atoms. The second-order valence-electron chi connectivity index (χ2n) is 5.48. The Bertz CT molecular complexity index is 521. The van der Waals surface area contributed by atoms with Gasteiger partial charge in [0.2, 0.25) is 5.91 Å². The predicted octanol–water partition coefficient (Wildman–Crippen LogP) is 3.02. The Balaban J connectivity index is 2.93. The lowest BCUT2D eigenvalue weighted by Gasteiger charge is -2.17. The molecule has 0 unspecified atom stereocenters. The molecule has 0 atom stereocenters. The summed E-state index contributed by atoms with van der Waals surface area (Å²) in [6.07, 6.45) is 0.434. The standard InChI is InChI=1S/C15H19ClN2O/c1-15(2,3)10-14(19)18-13-9-12(16)7-6-11(13)5-4-8-17/h6-7,9H,8,10,17H2,1-3H3,(H,18,19). The summed E-state index contributed by atoms with van der Waals surface area (Å²) in [5.74, 6) is 5.64. The van der Waals surface area contributed by atoms with Gasteiger partial charge in [0.05, 0.1) is 12.2 Å². The molecule has 3 nitrogen and oxygen atoms in total. The SMILES string of the molecule is CC(C)(C)CC(=O)Nc1cc(Cl)ccc1C#CCN. The fraction of sp³-hybridized carbons (Fsp3) is 0.400. The number of amides is 1. The third kappa shape index (κ3) is 5.78. The van der Waals surface area contributed by atoms with E-state index in [1.807, 2.05) is 20.8 Å². The number of nitrogens with two attached hydrogens (primary N) is 1. The molecule has 3 N–H and O–H groups in total. The van der Waals surface area contributed by atoms with Crippen LogP contribution in [-0.2, 0) is 4.79 Å². The number of nitrogens with one attached hydrogen (secondary N) is 1. The average molecular weight is 279 g/mol. The number of anilines is 1. The predicted molar refractivity (Wildman–Crippen MR) is 80.1 cm³/mol. The molecule has 0 saturated carbocycles. The second kappa shape index (κ2) is 6.60. The fourth-order valence-corrected chi connectivity index (χ4v) is 1.72. The van der Waals surface area contributed by atoms with Gasteiger partial charge in [-0.2, -0.15) is 0 Å². The lowest BCUT2D eigenvalue weighted by molar-refractivity contribution is -0.117. The van der Waals surface area contributed by atoms with Gasteiger partial charge >= 0.3 is 0 Å². The van der Waals surface area contributed by atoms with Gasteiger partial charge in [0.25, 0.3) is 0 Å². The van der Waals surface area contributed by atoms with Crippen molar-refractivity contribution in [3.8, 4) is 11.8 Å². The van der Waals surface area contributed by atoms with Crippen LogP contribution in [0.15, 0.2) is 18.2 Å². The zero-order valence-corrected chi connectivity index (χ0v) is 12.3. The van der Waals surface area contributed by atoms with E-state index in [2.05, 4.69) is 17.2 Å². The van der Waals surface area contributed by atoms with Gasteiger partial charge in [0.15, 0.2) is 0 Å². The Kier molecular flexibility index (Phi) is 5.41. The van der Waals surface area contributed by atoms with Crippen molar-refractivity contribution in [1.82, 2.24) is 0 Å². The summed E-state index contributed by atoms with van der Waals surface area (Å²) in [7, 11) is 0. The summed E-state index contributed by atoms with van der Waals surface area (Å²) in [5.41, 5.74) is 6.64. The minimum Gasteiger partial charge on any atom is -0.325 e. The third-order valence-corrected chi connectivity index (χ3v) is 2.51. The molecule has 19 heavy (non-hydrogen) atoms. The first-order valence-corrected chi connectivity index (χ1v) is 6.48. The van der Waals surface area contributed by atoms with Crippen LogP contribution in [0.1, 0.15) is 32.8 Å². The Labute approximate surface area is 119 Å². The molecule has 1 amide bonds. The van der Waals surface area contributed by atoms with Crippen LogP contribution in [-0.4, -0.2) is 12.5 Å². The van der Waals surface area contributed by atoms with Gasteiger partial charge in [-0.25, -0.2) is 0 Å². The highest BCUT2D eigenvalue weighted by Crippen LogP contribution is 2.23. The van der Waals surface area contributed by atoms with Gasteiger partial charge in [-0.05, 0) is 23.6 Å². The van der Waals surface area contributed by atoms with Crippen LogP contribution in [0.25, 0.3) is 0 Å². The minimum absolute atomic E-state index is 0.0504. The Hall–Kier alpha value is -1.50. The van der Waals surface area contributed by atoms with E-state index in [-0.39, 0.29) is 17.9 Å². The van der Waals surface area contributed by atoms with Gasteiger partial charge < -0.3 is 11.1 Å². The molecule has 0 fully saturated rings. The molecule has 0 aromatic heterocycles. The van der Waals surface area contributed by atoms with E-state index >= 15 is 0 Å². The number of hydrogen-bond acceptors (Lipinski definition) is 2. The Morgan fingerprint density at radius 2 is 2.11 bits per heavy atom. The highest BCUT2D eigenvalue weighted by atomic mass is 35.5. The highest BCUT2D eigenvalue weighted by molar-refractivity contribution is 6.31. The molecule has 0 aliphatic carbocycles. The molecule has 0 aliphatic rings. The molecule has 0 aliphatic heterocycles. The van der Waals surface area contributed by atoms with Crippen LogP contribution in [0.4, 0.5) is 5.69 Å². The van der Waals surface area contributed by atoms with E-state index in [0.717, 1.165) is 5.56 Å². The molecule has 0 saturated heterocycles. The van der Waals surface area contributed by atoms with Gasteiger partial charge in [0, 0.05) is 17.0 Å². The monoisotopic (exact) mass is 278 g/mol. The number of rotatable bonds is 2. The van der Waals surface area contributed by atoms with Crippen molar-refractivity contribution in [3.05, 3.63) is 28.8 Å². The molecule has 4 heteroatoms. The van der Waals surface area contributed by atoms with Crippen LogP contribution in [0.5, 0.6) is 0 Å². The average Bonchev–Trinajstić information content (AvgIpc) is 2.25. The van der Waals surface area contributed by atoms with E-state index in [4.69, 9.17) is 17.3 Å². The maximum atomic E-state index is 11.9. The molecule has 0 spiro atoms. The van der Waals surface area contributed by atoms with Gasteiger partial charge in [-0.15, -0.1) is 0 Å². The highest BCUT2D eigenvalue weighted by Gasteiger charge is 2.16. The lowest BCUT2D eigenvalue weighted by Crippen LogP contribution is -2.20. The molecule has 1 aromatic rings. The summed E-state index contributed by atoms with van der Waals surface area (Å²) in [5, 5.41) is 3.41. The van der Waals surface area contributed by atoms with Crippen molar-refractivity contribution >= 4 is 23.2 Å². The first-order chi connectivity index (χ1) is 8.81. The van der Waals surface area contributed by atoms with Crippen molar-refractivity contribution in [1.29, 1.82) is 0 Å². The summed E-state index contributed by atoms with van der Waals surface area (Å²) < 4.78 is 0. The number of hydrogen-bond donors (Lipinski definition) is 2. The van der Waals surface area contributed by atoms with Crippen LogP contribution in [0.3, 0.4) is 0 Å². The summed E-state index contributed by atoms with van der Waals surface area (Å²) in [6, 6.07) is 5.21.